The zero-order valence-corrected chi connectivity index (χ0v) is 5.15. The Morgan fingerprint density at radius 2 is 2.62 bits per heavy atom. The van der Waals surface area contributed by atoms with Crippen LogP contribution in [0.25, 0.3) is 0 Å². The van der Waals surface area contributed by atoms with Gasteiger partial charge in [-0.25, -0.2) is 0 Å². The summed E-state index contributed by atoms with van der Waals surface area (Å²) in [6, 6.07) is 0. The van der Waals surface area contributed by atoms with Gasteiger partial charge in [0.2, 0.25) is 0 Å². The second-order valence-electron chi connectivity index (χ2n) is 1.94. The summed E-state index contributed by atoms with van der Waals surface area (Å²) in [5, 5.41) is 3.18. The molecule has 0 fully saturated rings. The van der Waals surface area contributed by atoms with Gasteiger partial charge < -0.3 is 0 Å². The molecule has 0 radical (unpaired) electrons. The summed E-state index contributed by atoms with van der Waals surface area (Å²) in [7, 11) is 2.05. The van der Waals surface area contributed by atoms with E-state index in [2.05, 4.69) is 23.5 Å². The molecule has 1 heterocycles. The predicted molar refractivity (Wildman–Crippen MR) is 34.3 cm³/mol. The smallest absolute Gasteiger partial charge is 0.269 e. The Hall–Kier alpha value is -0.790. The van der Waals surface area contributed by atoms with Crippen molar-refractivity contribution in [2.24, 2.45) is 0 Å². The first-order chi connectivity index (χ1) is 3.84. The third-order valence-electron chi connectivity index (χ3n) is 1.36. The van der Waals surface area contributed by atoms with Crippen molar-refractivity contribution in [3.05, 3.63) is 12.7 Å². The molecular weight excluding hydrogens is 100 g/mol. The number of nitrogens with one attached hydrogen (secondary N) is 1. The largest absolute Gasteiger partial charge is 0.271 e. The van der Waals surface area contributed by atoms with Crippen molar-refractivity contribution in [1.29, 1.82) is 0 Å². The lowest BCUT2D eigenvalue weighted by atomic mass is 10.6. The van der Waals surface area contributed by atoms with Crippen LogP contribution in [0.15, 0.2) is 12.7 Å². The molecule has 0 saturated carbocycles. The van der Waals surface area contributed by atoms with E-state index in [-0.39, 0.29) is 0 Å². The van der Waals surface area contributed by atoms with Crippen molar-refractivity contribution in [2.75, 3.05) is 20.1 Å². The van der Waals surface area contributed by atoms with Gasteiger partial charge in [0, 0.05) is 6.08 Å². The number of rotatable bonds is 1. The maximum absolute atomic E-state index is 3.65. The lowest BCUT2D eigenvalue weighted by molar-refractivity contribution is -0.485. The van der Waals surface area contributed by atoms with Gasteiger partial charge in [-0.15, -0.1) is 0 Å². The van der Waals surface area contributed by atoms with E-state index in [1.54, 1.807) is 0 Å². The van der Waals surface area contributed by atoms with Gasteiger partial charge in [-0.2, -0.15) is 0 Å². The molecule has 1 aliphatic heterocycles. The van der Waals surface area contributed by atoms with Crippen LogP contribution in [0.1, 0.15) is 0 Å². The number of nitrogens with zero attached hydrogens (tertiary/aromatic N) is 1. The Morgan fingerprint density at radius 1 is 1.88 bits per heavy atom. The third kappa shape index (κ3) is 0.735. The molecule has 2 nitrogen and oxygen atoms in total. The summed E-state index contributed by atoms with van der Waals surface area (Å²) in [4.78, 5) is 0. The average molecular weight is 111 g/mol. The molecule has 1 N–H and O–H groups in total. The Balaban J connectivity index is 2.72. The van der Waals surface area contributed by atoms with Crippen molar-refractivity contribution in [1.82, 2.24) is 5.32 Å². The van der Waals surface area contributed by atoms with Gasteiger partial charge in [-0.05, 0) is 0 Å². The summed E-state index contributed by atoms with van der Waals surface area (Å²) in [6.45, 7) is 5.80. The third-order valence-corrected chi connectivity index (χ3v) is 1.36. The molecule has 0 amide bonds. The Bertz CT molecular complexity index is 135. The number of hydrogen-bond acceptors (Lipinski definition) is 1. The van der Waals surface area contributed by atoms with Crippen molar-refractivity contribution in [3.8, 4) is 0 Å². The molecule has 1 aliphatic rings. The molecule has 2 heteroatoms. The number of hydrogen-bond donors (Lipinski definition) is 1. The van der Waals surface area contributed by atoms with Crippen molar-refractivity contribution in [2.45, 2.75) is 0 Å². The molecule has 0 spiro atoms. The summed E-state index contributed by atoms with van der Waals surface area (Å²) < 4.78 is 2.15. The predicted octanol–water partition coefficient (Wildman–Crippen LogP) is -0.184. The van der Waals surface area contributed by atoms with E-state index in [0.29, 0.717) is 0 Å². The molecule has 0 aromatic heterocycles. The molecule has 0 saturated heterocycles. The highest BCUT2D eigenvalue weighted by atomic mass is 15.2. The summed E-state index contributed by atoms with van der Waals surface area (Å²) in [5.74, 6) is 1.14. The van der Waals surface area contributed by atoms with Crippen LogP contribution in [0.5, 0.6) is 0 Å². The van der Waals surface area contributed by atoms with Gasteiger partial charge in [-0.1, -0.05) is 6.58 Å². The minimum Gasteiger partial charge on any atom is -0.271 e. The normalized spacial score (nSPS) is 18.6. The molecule has 8 heavy (non-hydrogen) atoms. The second-order valence-corrected chi connectivity index (χ2v) is 1.94. The fourth-order valence-electron chi connectivity index (χ4n) is 0.835. The summed E-state index contributed by atoms with van der Waals surface area (Å²) >= 11 is 0. The first-order valence-corrected chi connectivity index (χ1v) is 2.79. The highest BCUT2D eigenvalue weighted by molar-refractivity contribution is 5.88. The maximum atomic E-state index is 3.65. The summed E-state index contributed by atoms with van der Waals surface area (Å²) in [6.07, 6.45) is 1.84. The van der Waals surface area contributed by atoms with Crippen LogP contribution in [0.4, 0.5) is 0 Å². The number of likely N-dealkylation sites (N-methyl/N-ethyl adjacent to an activating group) is 1. The standard InChI is InChI=1S/C6H10N2/c1-3-6-7-4-5-8(6)2/h3H,1,4-5H2,2H3/p+1. The van der Waals surface area contributed by atoms with Gasteiger partial charge in [0.25, 0.3) is 5.84 Å². The topological polar surface area (TPSA) is 15.0 Å². The van der Waals surface area contributed by atoms with E-state index in [1.807, 2.05) is 6.08 Å². The molecule has 0 aromatic rings. The Kier molecular flexibility index (Phi) is 1.33. The molecule has 0 bridgehead atoms. The minimum atomic E-state index is 1.05. The molecule has 1 rings (SSSR count). The quantitative estimate of drug-likeness (QED) is 0.464. The van der Waals surface area contributed by atoms with Crippen LogP contribution in [0.2, 0.25) is 0 Å². The van der Waals surface area contributed by atoms with Gasteiger partial charge >= 0.3 is 0 Å². The fraction of sp³-hybridized carbons (Fsp3) is 0.500. The zero-order valence-electron chi connectivity index (χ0n) is 5.15. The second kappa shape index (κ2) is 1.99. The van der Waals surface area contributed by atoms with Crippen LogP contribution < -0.4 is 5.32 Å². The van der Waals surface area contributed by atoms with E-state index in [4.69, 9.17) is 0 Å². The van der Waals surface area contributed by atoms with Gasteiger partial charge in [-0.3, -0.25) is 9.89 Å². The van der Waals surface area contributed by atoms with E-state index in [0.717, 1.165) is 18.9 Å². The Morgan fingerprint density at radius 3 is 2.88 bits per heavy atom. The van der Waals surface area contributed by atoms with E-state index < -0.39 is 0 Å². The molecule has 44 valence electrons. The van der Waals surface area contributed by atoms with Crippen molar-refractivity contribution in [3.63, 3.8) is 0 Å². The van der Waals surface area contributed by atoms with Crippen LogP contribution in [0.3, 0.4) is 0 Å². The lowest BCUT2D eigenvalue weighted by Crippen LogP contribution is -2.17. The van der Waals surface area contributed by atoms with Crippen LogP contribution in [0, 0.1) is 0 Å². The van der Waals surface area contributed by atoms with Gasteiger partial charge in [0.05, 0.1) is 7.05 Å². The minimum absolute atomic E-state index is 1.05. The van der Waals surface area contributed by atoms with Crippen molar-refractivity contribution < 1.29 is 4.58 Å². The van der Waals surface area contributed by atoms with E-state index in [9.17, 15) is 0 Å². The highest BCUT2D eigenvalue weighted by Crippen LogP contribution is 1.82. The SMILES string of the molecule is C=CC1=[N+](C)CCN1. The monoisotopic (exact) mass is 111 g/mol. The summed E-state index contributed by atoms with van der Waals surface area (Å²) in [5.41, 5.74) is 0. The zero-order chi connectivity index (χ0) is 5.98. The molecule has 0 atom stereocenters. The lowest BCUT2D eigenvalue weighted by Gasteiger charge is -1.86. The van der Waals surface area contributed by atoms with Gasteiger partial charge in [0.1, 0.15) is 13.1 Å². The Labute approximate surface area is 49.5 Å². The van der Waals surface area contributed by atoms with Crippen LogP contribution >= 0.6 is 0 Å². The van der Waals surface area contributed by atoms with Crippen molar-refractivity contribution >= 4 is 5.84 Å². The fourth-order valence-corrected chi connectivity index (χ4v) is 0.835. The van der Waals surface area contributed by atoms with Crippen LogP contribution in [-0.4, -0.2) is 30.5 Å². The van der Waals surface area contributed by atoms with E-state index in [1.165, 1.54) is 0 Å². The number of amidine groups is 1. The maximum Gasteiger partial charge on any atom is 0.269 e. The average Bonchev–Trinajstić information content (AvgIpc) is 2.14. The first-order valence-electron chi connectivity index (χ1n) is 2.79. The molecule has 0 aliphatic carbocycles. The first kappa shape index (κ1) is 5.35. The molecule has 0 aromatic carbocycles. The van der Waals surface area contributed by atoms with Crippen LogP contribution in [-0.2, 0) is 0 Å². The highest BCUT2D eigenvalue weighted by Gasteiger charge is 2.11. The van der Waals surface area contributed by atoms with E-state index >= 15 is 0 Å². The molecule has 0 unspecified atom stereocenters. The molecular formula is C6H11N2+. The van der Waals surface area contributed by atoms with Gasteiger partial charge in [0.15, 0.2) is 0 Å².